The van der Waals surface area contributed by atoms with Gasteiger partial charge >= 0.3 is 0 Å². The van der Waals surface area contributed by atoms with Gasteiger partial charge in [0.05, 0.1) is 18.2 Å². The van der Waals surface area contributed by atoms with E-state index in [1.165, 1.54) is 24.0 Å². The summed E-state index contributed by atoms with van der Waals surface area (Å²) in [4.78, 5) is 27.9. The van der Waals surface area contributed by atoms with Crippen molar-refractivity contribution in [2.75, 3.05) is 0 Å². The highest BCUT2D eigenvalue weighted by molar-refractivity contribution is 7.99. The van der Waals surface area contributed by atoms with Gasteiger partial charge in [-0.3, -0.25) is 9.59 Å². The molecule has 0 unspecified atom stereocenters. The lowest BCUT2D eigenvalue weighted by Crippen LogP contribution is -2.58. The van der Waals surface area contributed by atoms with Gasteiger partial charge in [-0.15, -0.1) is 0 Å². The van der Waals surface area contributed by atoms with Gasteiger partial charge in [-0.25, -0.2) is 4.39 Å². The van der Waals surface area contributed by atoms with Crippen molar-refractivity contribution in [3.05, 3.63) is 107 Å². The minimum atomic E-state index is -0.471. The van der Waals surface area contributed by atoms with Crippen LogP contribution in [-0.4, -0.2) is 36.1 Å². The molecule has 0 saturated heterocycles. The van der Waals surface area contributed by atoms with Gasteiger partial charge in [0, 0.05) is 41.4 Å². The Kier molecular flexibility index (Phi) is 11.7. The Bertz CT molecular complexity index is 1330. The lowest BCUT2D eigenvalue weighted by atomic mass is 9.86. The first-order valence-electron chi connectivity index (χ1n) is 14.6. The molecule has 3 atom stereocenters. The average Bonchev–Trinajstić information content (AvgIpc) is 3.00. The zero-order valence-corrected chi connectivity index (χ0v) is 25.3. The van der Waals surface area contributed by atoms with Crippen molar-refractivity contribution in [2.45, 2.75) is 87.2 Å². The number of hydrogen-bond donors (Lipinski definition) is 3. The maximum Gasteiger partial charge on any atom is 0.247 e. The number of rotatable bonds is 13. The molecule has 0 aromatic heterocycles. The summed E-state index contributed by atoms with van der Waals surface area (Å²) in [5, 5.41) is 9.66. The predicted octanol–water partition coefficient (Wildman–Crippen LogP) is 6.16. The minimum Gasteiger partial charge on any atom is -0.369 e. The van der Waals surface area contributed by atoms with Crippen LogP contribution in [0, 0.1) is 5.82 Å². The van der Waals surface area contributed by atoms with Crippen LogP contribution in [0.2, 0.25) is 0 Å². The van der Waals surface area contributed by atoms with Gasteiger partial charge in [0.1, 0.15) is 5.82 Å². The molecule has 8 heteroatoms. The molecule has 42 heavy (non-hydrogen) atoms. The molecular formula is C34H40FN3O3S. The van der Waals surface area contributed by atoms with Crippen LogP contribution in [0.4, 0.5) is 4.39 Å². The van der Waals surface area contributed by atoms with Crippen molar-refractivity contribution < 1.29 is 18.7 Å². The Morgan fingerprint density at radius 3 is 2.17 bits per heavy atom. The average molecular weight is 590 g/mol. The molecule has 0 bridgehead atoms. The Balaban J connectivity index is 1.49. The van der Waals surface area contributed by atoms with Crippen LogP contribution < -0.4 is 16.0 Å². The van der Waals surface area contributed by atoms with E-state index in [-0.39, 0.29) is 42.4 Å². The second-order valence-electron chi connectivity index (χ2n) is 10.5. The molecule has 0 spiro atoms. The summed E-state index contributed by atoms with van der Waals surface area (Å²) in [5.74, 6) is -0.665. The second-order valence-corrected chi connectivity index (χ2v) is 11.7. The van der Waals surface area contributed by atoms with Gasteiger partial charge in [-0.1, -0.05) is 68.1 Å². The quantitative estimate of drug-likeness (QED) is 0.223. The van der Waals surface area contributed by atoms with Crippen LogP contribution in [0.15, 0.2) is 100 Å². The van der Waals surface area contributed by atoms with Crippen molar-refractivity contribution in [1.29, 1.82) is 0 Å². The molecule has 222 valence electrons. The molecule has 0 saturated carbocycles. The van der Waals surface area contributed by atoms with Crippen LogP contribution in [0.5, 0.6) is 0 Å². The van der Waals surface area contributed by atoms with E-state index in [2.05, 4.69) is 66.2 Å². The van der Waals surface area contributed by atoms with Crippen LogP contribution >= 0.6 is 11.8 Å². The molecule has 3 N–H and O–H groups in total. The Labute approximate surface area is 252 Å². The third kappa shape index (κ3) is 9.28. The maximum absolute atomic E-state index is 13.3. The molecule has 4 rings (SSSR count). The number of hydrogen-bond acceptors (Lipinski definition) is 5. The summed E-state index contributed by atoms with van der Waals surface area (Å²) in [7, 11) is 0. The lowest BCUT2D eigenvalue weighted by Gasteiger charge is -2.39. The summed E-state index contributed by atoms with van der Waals surface area (Å²) in [6.07, 6.45) is 3.45. The Hall–Kier alpha value is -3.46. The van der Waals surface area contributed by atoms with E-state index in [1.807, 2.05) is 24.3 Å². The monoisotopic (exact) mass is 589 g/mol. The molecule has 1 aliphatic carbocycles. The summed E-state index contributed by atoms with van der Waals surface area (Å²) >= 11 is 1.71. The minimum absolute atomic E-state index is 0.000515. The van der Waals surface area contributed by atoms with E-state index in [1.54, 1.807) is 23.9 Å². The van der Waals surface area contributed by atoms with Gasteiger partial charge in [-0.05, 0) is 72.9 Å². The smallest absolute Gasteiger partial charge is 0.247 e. The molecule has 6 nitrogen and oxygen atoms in total. The van der Waals surface area contributed by atoms with E-state index < -0.39 is 6.10 Å². The van der Waals surface area contributed by atoms with E-state index in [0.29, 0.717) is 18.5 Å². The van der Waals surface area contributed by atoms with Crippen molar-refractivity contribution in [3.8, 4) is 0 Å². The van der Waals surface area contributed by atoms with Crippen molar-refractivity contribution in [2.24, 2.45) is 0 Å². The normalized spacial score (nSPS) is 18.4. The highest BCUT2D eigenvalue weighted by Gasteiger charge is 2.37. The Morgan fingerprint density at radius 2 is 1.52 bits per heavy atom. The zero-order chi connectivity index (χ0) is 29.9. The molecule has 2 amide bonds. The van der Waals surface area contributed by atoms with E-state index in [4.69, 9.17) is 4.74 Å². The maximum atomic E-state index is 13.3. The molecule has 0 radical (unpaired) electrons. The fourth-order valence-electron chi connectivity index (χ4n) is 5.02. The highest BCUT2D eigenvalue weighted by Crippen LogP contribution is 2.28. The second kappa shape index (κ2) is 15.7. The van der Waals surface area contributed by atoms with Gasteiger partial charge < -0.3 is 20.7 Å². The zero-order valence-electron chi connectivity index (χ0n) is 24.4. The molecule has 0 aliphatic heterocycles. The standard InChI is InChI=1S/C34H40FN3O3S/c1-4-28(5-2)41-32-20-26(34(40)37-22-24-11-15-27(35)16-12-24)19-31(33(32)38-23(3)39)36-21-25-13-17-30(18-14-25)42-29-9-7-6-8-10-29/h6-18,20,28,31-33,36H,4-5,19,21-22H2,1-3H3,(H,37,40)(H,38,39)/t31-,32+,33+/m0/s1. The van der Waals surface area contributed by atoms with Gasteiger partial charge in [-0.2, -0.15) is 0 Å². The lowest BCUT2D eigenvalue weighted by molar-refractivity contribution is -0.121. The molecule has 3 aromatic carbocycles. The number of benzene rings is 3. The Morgan fingerprint density at radius 1 is 0.905 bits per heavy atom. The molecule has 0 fully saturated rings. The van der Waals surface area contributed by atoms with Crippen molar-refractivity contribution in [1.82, 2.24) is 16.0 Å². The molecule has 1 aliphatic rings. The fourth-order valence-corrected chi connectivity index (χ4v) is 5.86. The van der Waals surface area contributed by atoms with Crippen LogP contribution in [0.25, 0.3) is 0 Å². The van der Waals surface area contributed by atoms with Crippen molar-refractivity contribution in [3.63, 3.8) is 0 Å². The molecular weight excluding hydrogens is 549 g/mol. The third-order valence-corrected chi connectivity index (χ3v) is 8.37. The van der Waals surface area contributed by atoms with E-state index in [0.717, 1.165) is 28.9 Å². The fraction of sp³-hybridized carbons (Fsp3) is 0.353. The van der Waals surface area contributed by atoms with Crippen LogP contribution in [0.1, 0.15) is 51.2 Å². The van der Waals surface area contributed by atoms with Crippen LogP contribution in [0.3, 0.4) is 0 Å². The summed E-state index contributed by atoms with van der Waals surface area (Å²) in [5.41, 5.74) is 2.51. The van der Waals surface area contributed by atoms with Crippen LogP contribution in [-0.2, 0) is 27.4 Å². The van der Waals surface area contributed by atoms with Gasteiger partial charge in [0.15, 0.2) is 0 Å². The predicted molar refractivity (Wildman–Crippen MR) is 165 cm³/mol. The number of carbonyl (C=O) groups is 2. The topological polar surface area (TPSA) is 79.5 Å². The largest absolute Gasteiger partial charge is 0.369 e. The number of amides is 2. The summed E-state index contributed by atoms with van der Waals surface area (Å²) < 4.78 is 19.8. The first-order valence-corrected chi connectivity index (χ1v) is 15.4. The summed E-state index contributed by atoms with van der Waals surface area (Å²) in [6.45, 7) is 6.50. The SMILES string of the molecule is CCC(CC)O[C@@H]1C=C(C(=O)NCc2ccc(F)cc2)C[C@H](NCc2ccc(Sc3ccccc3)cc2)[C@H]1NC(C)=O. The van der Waals surface area contributed by atoms with E-state index >= 15 is 0 Å². The number of nitrogens with one attached hydrogen (secondary N) is 3. The van der Waals surface area contributed by atoms with Crippen molar-refractivity contribution >= 4 is 23.6 Å². The first kappa shape index (κ1) is 31.5. The number of halogens is 1. The van der Waals surface area contributed by atoms with Gasteiger partial charge in [0.2, 0.25) is 11.8 Å². The number of ether oxygens (including phenoxy) is 1. The third-order valence-electron chi connectivity index (χ3n) is 7.35. The first-order chi connectivity index (χ1) is 20.3. The number of carbonyl (C=O) groups excluding carboxylic acids is 2. The van der Waals surface area contributed by atoms with Gasteiger partial charge in [0.25, 0.3) is 0 Å². The molecule has 0 heterocycles. The highest BCUT2D eigenvalue weighted by atomic mass is 32.2. The summed E-state index contributed by atoms with van der Waals surface area (Å²) in [6, 6.07) is 24.2. The molecule has 3 aromatic rings. The van der Waals surface area contributed by atoms with E-state index in [9.17, 15) is 14.0 Å².